The molecule has 0 aromatic heterocycles. The fourth-order valence-electron chi connectivity index (χ4n) is 1.07. The van der Waals surface area contributed by atoms with Gasteiger partial charge < -0.3 is 5.43 Å². The number of hydrogen-bond acceptors (Lipinski definition) is 3. The largest absolute Gasteiger partial charge is 0.446 e. The van der Waals surface area contributed by atoms with Crippen LogP contribution in [0.2, 0.25) is 0 Å². The van der Waals surface area contributed by atoms with E-state index in [0.29, 0.717) is 0 Å². The molecule has 0 fully saturated rings. The van der Waals surface area contributed by atoms with Crippen molar-refractivity contribution in [2.75, 3.05) is 5.43 Å². The second-order valence-electron chi connectivity index (χ2n) is 2.72. The molecule has 0 bridgehead atoms. The van der Waals surface area contributed by atoms with Crippen LogP contribution in [0, 0.1) is 0 Å². The molecule has 16 heavy (non-hydrogen) atoms. The Bertz CT molecular complexity index is 366. The van der Waals surface area contributed by atoms with E-state index >= 15 is 0 Å². The summed E-state index contributed by atoms with van der Waals surface area (Å²) in [4.78, 5) is -0.604. The molecular weight excluding hydrogens is 251 g/mol. The first-order valence-corrected chi connectivity index (χ1v) is 4.80. The number of halogens is 5. The Balaban J connectivity index is 3.20. The van der Waals surface area contributed by atoms with Gasteiger partial charge in [-0.1, -0.05) is 12.1 Å². The number of alkyl halides is 5. The Hall–Kier alpha value is -1.02. The molecule has 1 rings (SSSR count). The normalized spacial score (nSPS) is 11.9. The first-order valence-electron chi connectivity index (χ1n) is 3.98. The molecule has 0 aliphatic heterocycles. The molecule has 90 valence electrons. The van der Waals surface area contributed by atoms with E-state index in [0.717, 1.165) is 6.07 Å². The molecule has 0 amide bonds. The molecule has 0 saturated heterocycles. The molecule has 0 radical (unpaired) electrons. The lowest BCUT2D eigenvalue weighted by atomic mass is 10.2. The topological polar surface area (TPSA) is 38.0 Å². The van der Waals surface area contributed by atoms with Gasteiger partial charge in [0.1, 0.15) is 0 Å². The summed E-state index contributed by atoms with van der Waals surface area (Å²) < 4.78 is 61.4. The highest BCUT2D eigenvalue weighted by molar-refractivity contribution is 8.00. The summed E-state index contributed by atoms with van der Waals surface area (Å²) >= 11 is -0.616. The van der Waals surface area contributed by atoms with Crippen molar-refractivity contribution in [2.24, 2.45) is 5.84 Å². The van der Waals surface area contributed by atoms with Crippen molar-refractivity contribution < 1.29 is 22.0 Å². The lowest BCUT2D eigenvalue weighted by Gasteiger charge is -2.14. The Morgan fingerprint density at radius 3 is 2.31 bits per heavy atom. The summed E-state index contributed by atoms with van der Waals surface area (Å²) in [7, 11) is 0. The smallest absolute Gasteiger partial charge is 0.323 e. The standard InChI is InChI=1S/C8H7F5N2S/c9-7(10)4-2-1-3-5(15-14)6(4)16-8(11,12)13/h1-3,7,15H,14H2. The summed E-state index contributed by atoms with van der Waals surface area (Å²) in [5.74, 6) is 4.96. The summed E-state index contributed by atoms with van der Waals surface area (Å²) in [6.45, 7) is 0. The molecule has 0 atom stereocenters. The molecule has 0 aliphatic rings. The maximum absolute atomic E-state index is 12.5. The molecule has 1 aromatic carbocycles. The number of nitrogens with two attached hydrogens (primary N) is 1. The number of anilines is 1. The summed E-state index contributed by atoms with van der Waals surface area (Å²) in [5.41, 5.74) is -3.56. The van der Waals surface area contributed by atoms with Crippen molar-refractivity contribution in [3.63, 3.8) is 0 Å². The molecule has 8 heteroatoms. The van der Waals surface area contributed by atoms with Gasteiger partial charge in [0.2, 0.25) is 0 Å². The third-order valence-corrected chi connectivity index (χ3v) is 2.55. The fraction of sp³-hybridized carbons (Fsp3) is 0.250. The highest BCUT2D eigenvalue weighted by atomic mass is 32.2. The molecule has 3 N–H and O–H groups in total. The van der Waals surface area contributed by atoms with E-state index in [1.54, 1.807) is 0 Å². The van der Waals surface area contributed by atoms with E-state index in [1.807, 2.05) is 5.43 Å². The van der Waals surface area contributed by atoms with Crippen LogP contribution in [0.4, 0.5) is 27.6 Å². The molecule has 0 spiro atoms. The van der Waals surface area contributed by atoms with Gasteiger partial charge in [-0.15, -0.1) is 0 Å². The minimum Gasteiger partial charge on any atom is -0.323 e. The summed E-state index contributed by atoms with van der Waals surface area (Å²) in [6.07, 6.45) is -2.99. The SMILES string of the molecule is NNc1cccc(C(F)F)c1SC(F)(F)F. The zero-order valence-electron chi connectivity index (χ0n) is 7.68. The predicted octanol–water partition coefficient (Wildman–Crippen LogP) is 3.52. The third-order valence-electron chi connectivity index (χ3n) is 1.65. The predicted molar refractivity (Wildman–Crippen MR) is 51.1 cm³/mol. The number of nitrogens with one attached hydrogen (secondary N) is 1. The van der Waals surface area contributed by atoms with Gasteiger partial charge in [-0.3, -0.25) is 5.84 Å². The maximum atomic E-state index is 12.5. The lowest BCUT2D eigenvalue weighted by molar-refractivity contribution is -0.0328. The highest BCUT2D eigenvalue weighted by Crippen LogP contribution is 2.44. The first kappa shape index (κ1) is 13.0. The first-order chi connectivity index (χ1) is 7.35. The van der Waals surface area contributed by atoms with Crippen LogP contribution in [0.5, 0.6) is 0 Å². The zero-order valence-corrected chi connectivity index (χ0v) is 8.50. The van der Waals surface area contributed by atoms with E-state index in [4.69, 9.17) is 5.84 Å². The number of hydrogen-bond donors (Lipinski definition) is 2. The number of thioether (sulfide) groups is 1. The van der Waals surface area contributed by atoms with Crippen molar-refractivity contribution in [3.05, 3.63) is 23.8 Å². The van der Waals surface area contributed by atoms with E-state index in [2.05, 4.69) is 0 Å². The van der Waals surface area contributed by atoms with Crippen LogP contribution in [-0.4, -0.2) is 5.51 Å². The van der Waals surface area contributed by atoms with Gasteiger partial charge in [0, 0.05) is 10.5 Å². The molecule has 0 saturated carbocycles. The fourth-order valence-corrected chi connectivity index (χ4v) is 1.81. The van der Waals surface area contributed by atoms with Gasteiger partial charge in [0.15, 0.2) is 0 Å². The second-order valence-corrected chi connectivity index (χ2v) is 3.79. The van der Waals surface area contributed by atoms with E-state index < -0.39 is 34.2 Å². The summed E-state index contributed by atoms with van der Waals surface area (Å²) in [5, 5.41) is 0. The molecule has 2 nitrogen and oxygen atoms in total. The van der Waals surface area contributed by atoms with Gasteiger partial charge in [0.25, 0.3) is 6.43 Å². The van der Waals surface area contributed by atoms with Crippen molar-refractivity contribution in [3.8, 4) is 0 Å². The molecule has 0 heterocycles. The molecule has 1 aromatic rings. The third kappa shape index (κ3) is 3.24. The minimum atomic E-state index is -4.64. The van der Waals surface area contributed by atoms with Crippen molar-refractivity contribution in [2.45, 2.75) is 16.8 Å². The zero-order chi connectivity index (χ0) is 12.3. The second kappa shape index (κ2) is 4.88. The Morgan fingerprint density at radius 1 is 1.25 bits per heavy atom. The Kier molecular flexibility index (Phi) is 3.98. The number of benzene rings is 1. The van der Waals surface area contributed by atoms with E-state index in [9.17, 15) is 22.0 Å². The van der Waals surface area contributed by atoms with Gasteiger partial charge >= 0.3 is 5.51 Å². The monoisotopic (exact) mass is 258 g/mol. The average Bonchev–Trinajstić information content (AvgIpc) is 2.15. The van der Waals surface area contributed by atoms with Crippen molar-refractivity contribution in [1.29, 1.82) is 0 Å². The molecule has 0 unspecified atom stereocenters. The van der Waals surface area contributed by atoms with Gasteiger partial charge in [-0.25, -0.2) is 8.78 Å². The maximum Gasteiger partial charge on any atom is 0.446 e. The lowest BCUT2D eigenvalue weighted by Crippen LogP contribution is -2.11. The Labute approximate surface area is 92.0 Å². The Morgan fingerprint density at radius 2 is 1.88 bits per heavy atom. The van der Waals surface area contributed by atoms with Crippen LogP contribution in [0.25, 0.3) is 0 Å². The number of hydrazine groups is 1. The van der Waals surface area contributed by atoms with Crippen LogP contribution >= 0.6 is 11.8 Å². The average molecular weight is 258 g/mol. The molecule has 0 aliphatic carbocycles. The van der Waals surface area contributed by atoms with Gasteiger partial charge in [-0.2, -0.15) is 13.2 Å². The number of nitrogen functional groups attached to an aromatic ring is 1. The van der Waals surface area contributed by atoms with Gasteiger partial charge in [0.05, 0.1) is 5.69 Å². The van der Waals surface area contributed by atoms with E-state index in [-0.39, 0.29) is 5.69 Å². The van der Waals surface area contributed by atoms with Crippen LogP contribution in [0.1, 0.15) is 12.0 Å². The minimum absolute atomic E-state index is 0.180. The molecular formula is C8H7F5N2S. The summed E-state index contributed by atoms with van der Waals surface area (Å²) in [6, 6.07) is 3.33. The van der Waals surface area contributed by atoms with Crippen LogP contribution in [0.3, 0.4) is 0 Å². The highest BCUT2D eigenvalue weighted by Gasteiger charge is 2.33. The van der Waals surface area contributed by atoms with Crippen LogP contribution in [0.15, 0.2) is 23.1 Å². The van der Waals surface area contributed by atoms with Crippen molar-refractivity contribution >= 4 is 17.4 Å². The van der Waals surface area contributed by atoms with E-state index in [1.165, 1.54) is 12.1 Å². The van der Waals surface area contributed by atoms with Crippen molar-refractivity contribution in [1.82, 2.24) is 0 Å². The van der Waals surface area contributed by atoms with Crippen LogP contribution < -0.4 is 11.3 Å². The number of rotatable bonds is 3. The quantitative estimate of drug-likeness (QED) is 0.377. The van der Waals surface area contributed by atoms with Gasteiger partial charge in [-0.05, 0) is 17.8 Å². The van der Waals surface area contributed by atoms with Crippen LogP contribution in [-0.2, 0) is 0 Å².